The van der Waals surface area contributed by atoms with Crippen molar-refractivity contribution in [1.82, 2.24) is 4.98 Å². The van der Waals surface area contributed by atoms with Crippen molar-refractivity contribution < 1.29 is 4.74 Å². The zero-order chi connectivity index (χ0) is 12.2. The maximum Gasteiger partial charge on any atom is 0.126 e. The van der Waals surface area contributed by atoms with Crippen molar-refractivity contribution in [2.24, 2.45) is 0 Å². The van der Waals surface area contributed by atoms with E-state index in [0.717, 1.165) is 25.4 Å². The third-order valence-corrected chi connectivity index (χ3v) is 3.99. The Balaban J connectivity index is 1.42. The molecule has 1 heterocycles. The number of hydrogen-bond acceptors (Lipinski definition) is 3. The van der Waals surface area contributed by atoms with Gasteiger partial charge in [-0.1, -0.05) is 18.9 Å². The van der Waals surface area contributed by atoms with Gasteiger partial charge in [-0.3, -0.25) is 0 Å². The molecule has 0 spiro atoms. The molecule has 0 bridgehead atoms. The minimum Gasteiger partial charge on any atom is -0.376 e. The van der Waals surface area contributed by atoms with Crippen molar-refractivity contribution in [2.45, 2.75) is 51.0 Å². The fourth-order valence-electron chi connectivity index (χ4n) is 2.98. The molecule has 1 aromatic rings. The van der Waals surface area contributed by atoms with E-state index >= 15 is 0 Å². The molecule has 98 valence electrons. The smallest absolute Gasteiger partial charge is 0.126 e. The highest BCUT2D eigenvalue weighted by atomic mass is 16.5. The van der Waals surface area contributed by atoms with Crippen molar-refractivity contribution in [3.05, 3.63) is 23.4 Å². The van der Waals surface area contributed by atoms with Gasteiger partial charge in [-0.2, -0.15) is 0 Å². The van der Waals surface area contributed by atoms with Crippen LogP contribution in [0.1, 0.15) is 43.4 Å². The number of pyridine rings is 1. The van der Waals surface area contributed by atoms with Crippen LogP contribution in [0.4, 0.5) is 5.82 Å². The molecule has 2 aliphatic carbocycles. The van der Waals surface area contributed by atoms with Gasteiger partial charge in [0.15, 0.2) is 0 Å². The Morgan fingerprint density at radius 1 is 1.17 bits per heavy atom. The molecular formula is C15H22N2O. The Bertz CT molecular complexity index is 399. The van der Waals surface area contributed by atoms with Crippen molar-refractivity contribution in [3.8, 4) is 0 Å². The second kappa shape index (κ2) is 5.70. The molecule has 1 fully saturated rings. The van der Waals surface area contributed by atoms with Crippen LogP contribution in [-0.4, -0.2) is 24.2 Å². The van der Waals surface area contributed by atoms with E-state index in [-0.39, 0.29) is 0 Å². The third kappa shape index (κ3) is 2.83. The highest BCUT2D eigenvalue weighted by Gasteiger charge is 2.15. The summed E-state index contributed by atoms with van der Waals surface area (Å²) in [6.45, 7) is 1.66. The Labute approximate surface area is 109 Å². The lowest BCUT2D eigenvalue weighted by atomic mass is 10.2. The van der Waals surface area contributed by atoms with E-state index in [0.29, 0.717) is 6.10 Å². The molecule has 0 unspecified atom stereocenters. The van der Waals surface area contributed by atoms with Gasteiger partial charge in [0, 0.05) is 12.2 Å². The maximum atomic E-state index is 5.83. The molecule has 1 saturated carbocycles. The molecule has 3 nitrogen and oxygen atoms in total. The second-order valence-electron chi connectivity index (χ2n) is 5.36. The normalized spacial score (nSPS) is 19.1. The molecule has 0 aromatic carbocycles. The third-order valence-electron chi connectivity index (χ3n) is 3.99. The number of nitrogens with one attached hydrogen (secondary N) is 1. The number of aryl methyl sites for hydroxylation is 2. The molecule has 3 heteroatoms. The number of anilines is 1. The molecule has 0 atom stereocenters. The number of ether oxygens (including phenoxy) is 1. The van der Waals surface area contributed by atoms with Crippen LogP contribution >= 0.6 is 0 Å². The lowest BCUT2D eigenvalue weighted by Gasteiger charge is -2.12. The minimum absolute atomic E-state index is 0.514. The Hall–Kier alpha value is -1.09. The van der Waals surface area contributed by atoms with Crippen LogP contribution in [-0.2, 0) is 17.6 Å². The van der Waals surface area contributed by atoms with Gasteiger partial charge < -0.3 is 10.1 Å². The second-order valence-corrected chi connectivity index (χ2v) is 5.36. The van der Waals surface area contributed by atoms with Crippen molar-refractivity contribution in [2.75, 3.05) is 18.5 Å². The highest BCUT2D eigenvalue weighted by molar-refractivity contribution is 5.40. The summed E-state index contributed by atoms with van der Waals surface area (Å²) < 4.78 is 5.83. The van der Waals surface area contributed by atoms with Gasteiger partial charge in [0.05, 0.1) is 12.7 Å². The number of aromatic nitrogens is 1. The average molecular weight is 246 g/mol. The summed E-state index contributed by atoms with van der Waals surface area (Å²) in [5, 5.41) is 3.36. The van der Waals surface area contributed by atoms with E-state index < -0.39 is 0 Å². The van der Waals surface area contributed by atoms with Crippen LogP contribution < -0.4 is 5.32 Å². The Kier molecular flexibility index (Phi) is 3.79. The molecular weight excluding hydrogens is 224 g/mol. The molecule has 3 rings (SSSR count). The highest BCUT2D eigenvalue weighted by Crippen LogP contribution is 2.22. The lowest BCUT2D eigenvalue weighted by Crippen LogP contribution is -2.16. The van der Waals surface area contributed by atoms with Crippen molar-refractivity contribution >= 4 is 5.82 Å². The summed E-state index contributed by atoms with van der Waals surface area (Å²) in [4.78, 5) is 4.66. The molecule has 2 aliphatic rings. The van der Waals surface area contributed by atoms with E-state index in [1.807, 2.05) is 0 Å². The molecule has 0 amide bonds. The zero-order valence-corrected chi connectivity index (χ0v) is 11.0. The van der Waals surface area contributed by atoms with Crippen molar-refractivity contribution in [1.29, 1.82) is 0 Å². The first-order valence-corrected chi connectivity index (χ1v) is 7.26. The fraction of sp³-hybridized carbons (Fsp3) is 0.667. The minimum atomic E-state index is 0.514. The molecule has 0 saturated heterocycles. The summed E-state index contributed by atoms with van der Waals surface area (Å²) >= 11 is 0. The number of rotatable bonds is 5. The molecule has 0 aliphatic heterocycles. The van der Waals surface area contributed by atoms with Crippen LogP contribution in [0.15, 0.2) is 12.1 Å². The summed E-state index contributed by atoms with van der Waals surface area (Å²) in [6, 6.07) is 4.31. The Morgan fingerprint density at radius 2 is 2.06 bits per heavy atom. The van der Waals surface area contributed by atoms with Gasteiger partial charge in [-0.05, 0) is 43.7 Å². The van der Waals surface area contributed by atoms with Crippen molar-refractivity contribution in [3.63, 3.8) is 0 Å². The molecule has 1 N–H and O–H groups in total. The zero-order valence-electron chi connectivity index (χ0n) is 11.0. The van der Waals surface area contributed by atoms with Crippen LogP contribution in [0.5, 0.6) is 0 Å². The maximum absolute atomic E-state index is 5.83. The predicted octanol–water partition coefficient (Wildman–Crippen LogP) is 2.94. The first kappa shape index (κ1) is 12.0. The first-order chi connectivity index (χ1) is 8.92. The summed E-state index contributed by atoms with van der Waals surface area (Å²) in [7, 11) is 0. The molecule has 1 aromatic heterocycles. The fourth-order valence-corrected chi connectivity index (χ4v) is 2.98. The van der Waals surface area contributed by atoms with Crippen LogP contribution in [0, 0.1) is 0 Å². The molecule has 18 heavy (non-hydrogen) atoms. The van der Waals surface area contributed by atoms with Crippen LogP contribution in [0.3, 0.4) is 0 Å². The Morgan fingerprint density at radius 3 is 2.94 bits per heavy atom. The van der Waals surface area contributed by atoms with E-state index in [4.69, 9.17) is 4.74 Å². The number of nitrogens with zero attached hydrogens (tertiary/aromatic N) is 1. The van der Waals surface area contributed by atoms with E-state index in [1.54, 1.807) is 0 Å². The van der Waals surface area contributed by atoms with Gasteiger partial charge in [-0.15, -0.1) is 0 Å². The van der Waals surface area contributed by atoms with Gasteiger partial charge in [-0.25, -0.2) is 4.98 Å². The number of fused-ring (bicyclic) bond motifs is 1. The molecule has 0 radical (unpaired) electrons. The largest absolute Gasteiger partial charge is 0.376 e. The lowest BCUT2D eigenvalue weighted by molar-refractivity contribution is 0.0658. The van der Waals surface area contributed by atoms with Gasteiger partial charge >= 0.3 is 0 Å². The van der Waals surface area contributed by atoms with E-state index in [2.05, 4.69) is 22.4 Å². The number of hydrogen-bond donors (Lipinski definition) is 1. The SMILES string of the molecule is c1cc2c(nc1NCCOC1CCCC1)CCC2. The standard InChI is InChI=1S/C15H22N2O/c1-2-6-13(5-1)18-11-10-16-15-9-8-12-4-3-7-14(12)17-15/h8-9,13H,1-7,10-11H2,(H,16,17). The quantitative estimate of drug-likeness (QED) is 0.811. The van der Waals surface area contributed by atoms with E-state index in [9.17, 15) is 0 Å². The monoisotopic (exact) mass is 246 g/mol. The predicted molar refractivity (Wildman–Crippen MR) is 73.0 cm³/mol. The summed E-state index contributed by atoms with van der Waals surface area (Å²) in [5.74, 6) is 1.01. The van der Waals surface area contributed by atoms with Gasteiger partial charge in [0.1, 0.15) is 5.82 Å². The van der Waals surface area contributed by atoms with Gasteiger partial charge in [0.2, 0.25) is 0 Å². The topological polar surface area (TPSA) is 34.2 Å². The first-order valence-electron chi connectivity index (χ1n) is 7.26. The van der Waals surface area contributed by atoms with E-state index in [1.165, 1.54) is 49.8 Å². The van der Waals surface area contributed by atoms with Gasteiger partial charge in [0.25, 0.3) is 0 Å². The summed E-state index contributed by atoms with van der Waals surface area (Å²) in [5.41, 5.74) is 2.72. The van der Waals surface area contributed by atoms with Crippen LogP contribution in [0.25, 0.3) is 0 Å². The summed E-state index contributed by atoms with van der Waals surface area (Å²) in [6.07, 6.45) is 9.29. The van der Waals surface area contributed by atoms with Crippen LogP contribution in [0.2, 0.25) is 0 Å². The average Bonchev–Trinajstić information content (AvgIpc) is 3.05.